The Hall–Kier alpha value is -7.81. The fourth-order valence-electron chi connectivity index (χ4n) is 9.01. The lowest BCUT2D eigenvalue weighted by Gasteiger charge is -2.30. The molecule has 2 aliphatic rings. The predicted octanol–water partition coefficient (Wildman–Crippen LogP) is 13.3. The summed E-state index contributed by atoms with van der Waals surface area (Å²) in [6.45, 7) is 0. The fourth-order valence-corrected chi connectivity index (χ4v) is 9.01. The van der Waals surface area contributed by atoms with Gasteiger partial charge >= 0.3 is 0 Å². The average Bonchev–Trinajstić information content (AvgIpc) is 3.87. The zero-order valence-corrected chi connectivity index (χ0v) is 31.1. The lowest BCUT2D eigenvalue weighted by Crippen LogP contribution is -2.18. The molecule has 2 aliphatic carbocycles. The third-order valence-electron chi connectivity index (χ3n) is 11.6. The molecule has 0 saturated carbocycles. The predicted molar refractivity (Wildman–Crippen MR) is 233 cm³/mol. The van der Waals surface area contributed by atoms with Crippen molar-refractivity contribution in [3.05, 3.63) is 205 Å². The summed E-state index contributed by atoms with van der Waals surface area (Å²) >= 11 is 0. The Kier molecular flexibility index (Phi) is 7.20. The minimum Gasteiger partial charge on any atom is -0.456 e. The Bertz CT molecular complexity index is 3410. The van der Waals surface area contributed by atoms with Crippen LogP contribution in [-0.2, 0) is 0 Å². The minimum atomic E-state index is 0.0453. The van der Waals surface area contributed by atoms with Gasteiger partial charge in [-0.2, -0.15) is 0 Å². The monoisotopic (exact) mass is 741 g/mol. The van der Waals surface area contributed by atoms with Crippen LogP contribution in [0.15, 0.2) is 190 Å². The molecule has 3 heterocycles. The Labute approximate surface area is 333 Å². The van der Waals surface area contributed by atoms with Gasteiger partial charge in [0, 0.05) is 50.1 Å². The van der Waals surface area contributed by atoms with Gasteiger partial charge in [-0.15, -0.1) is 0 Å². The zero-order valence-electron chi connectivity index (χ0n) is 31.1. The van der Waals surface area contributed by atoms with Gasteiger partial charge in [0.15, 0.2) is 23.1 Å². The molecule has 0 radical (unpaired) electrons. The quantitative estimate of drug-likeness (QED) is 0.176. The molecule has 7 aromatic carbocycles. The second-order valence-electron chi connectivity index (χ2n) is 14.9. The van der Waals surface area contributed by atoms with E-state index < -0.39 is 0 Å². The van der Waals surface area contributed by atoms with Crippen molar-refractivity contribution in [2.45, 2.75) is 5.92 Å². The molecule has 5 heteroatoms. The molecule has 5 nitrogen and oxygen atoms in total. The summed E-state index contributed by atoms with van der Waals surface area (Å²) in [5.41, 5.74) is 10.6. The lowest BCUT2D eigenvalue weighted by atomic mass is 9.73. The highest BCUT2D eigenvalue weighted by atomic mass is 16.3. The van der Waals surface area contributed by atoms with Crippen molar-refractivity contribution in [1.82, 2.24) is 15.0 Å². The van der Waals surface area contributed by atoms with Gasteiger partial charge in [0.2, 0.25) is 0 Å². The molecular weight excluding hydrogens is 711 g/mol. The van der Waals surface area contributed by atoms with E-state index in [4.69, 9.17) is 23.8 Å². The number of nitrogens with zero attached hydrogens (tertiary/aromatic N) is 3. The Morgan fingerprint density at radius 1 is 0.500 bits per heavy atom. The van der Waals surface area contributed by atoms with E-state index in [1.165, 1.54) is 21.9 Å². The van der Waals surface area contributed by atoms with Gasteiger partial charge in [0.05, 0.1) is 0 Å². The maximum Gasteiger partial charge on any atom is 0.185 e. The molecule has 0 N–H and O–H groups in total. The maximum atomic E-state index is 6.64. The van der Waals surface area contributed by atoms with Crippen LogP contribution in [0.4, 0.5) is 0 Å². The molecule has 58 heavy (non-hydrogen) atoms. The average molecular weight is 742 g/mol. The van der Waals surface area contributed by atoms with E-state index in [-0.39, 0.29) is 11.8 Å². The van der Waals surface area contributed by atoms with Crippen molar-refractivity contribution in [2.75, 3.05) is 0 Å². The lowest BCUT2D eigenvalue weighted by molar-refractivity contribution is 0.662. The molecule has 2 unspecified atom stereocenters. The van der Waals surface area contributed by atoms with Crippen LogP contribution >= 0.6 is 0 Å². The van der Waals surface area contributed by atoms with E-state index in [2.05, 4.69) is 134 Å². The first-order valence-corrected chi connectivity index (χ1v) is 19.5. The number of allylic oxidation sites excluding steroid dienone is 8. The summed E-state index contributed by atoms with van der Waals surface area (Å²) < 4.78 is 12.8. The third-order valence-corrected chi connectivity index (χ3v) is 11.6. The largest absolute Gasteiger partial charge is 0.456 e. The third kappa shape index (κ3) is 5.09. The zero-order chi connectivity index (χ0) is 38.2. The molecule has 0 fully saturated rings. The minimum absolute atomic E-state index is 0.0453. The first-order chi connectivity index (χ1) is 28.7. The van der Waals surface area contributed by atoms with Gasteiger partial charge < -0.3 is 8.83 Å². The van der Waals surface area contributed by atoms with Crippen molar-refractivity contribution in [1.29, 1.82) is 0 Å². The van der Waals surface area contributed by atoms with Crippen molar-refractivity contribution < 1.29 is 8.83 Å². The first-order valence-electron chi connectivity index (χ1n) is 19.5. The van der Waals surface area contributed by atoms with Crippen LogP contribution in [0.1, 0.15) is 17.3 Å². The van der Waals surface area contributed by atoms with Gasteiger partial charge in [-0.05, 0) is 75.5 Å². The number of hydrogen-bond donors (Lipinski definition) is 0. The van der Waals surface area contributed by atoms with E-state index in [0.717, 1.165) is 66.1 Å². The highest BCUT2D eigenvalue weighted by Gasteiger charge is 2.32. The normalized spacial score (nSPS) is 16.2. The number of hydrogen-bond acceptors (Lipinski definition) is 5. The molecule has 0 bridgehead atoms. The van der Waals surface area contributed by atoms with Crippen LogP contribution in [0, 0.1) is 18.1 Å². The molecule has 12 rings (SSSR count). The topological polar surface area (TPSA) is 65.0 Å². The number of rotatable bonds is 5. The number of fused-ring (bicyclic) bond motifs is 8. The number of furan rings is 2. The van der Waals surface area contributed by atoms with Crippen molar-refractivity contribution in [2.24, 2.45) is 5.92 Å². The highest BCUT2D eigenvalue weighted by Crippen LogP contribution is 2.47. The molecule has 270 valence electrons. The second-order valence-corrected chi connectivity index (χ2v) is 14.9. The SMILES string of the molecule is c1ccc2c(c#1)oc1cccc(-c3nc(C4=C5C=CC=CC5C(c5cccc6oc7cc(-c8cccc9ccccc89)ccc7c56)C=C4)nc(-c4ccccc4)n3)c12. The summed E-state index contributed by atoms with van der Waals surface area (Å²) in [5.74, 6) is 1.91. The van der Waals surface area contributed by atoms with Crippen LogP contribution in [-0.4, -0.2) is 15.0 Å². The van der Waals surface area contributed by atoms with Crippen LogP contribution in [0.3, 0.4) is 0 Å². The molecule has 2 atom stereocenters. The van der Waals surface area contributed by atoms with Gasteiger partial charge in [0.1, 0.15) is 16.7 Å². The van der Waals surface area contributed by atoms with Gasteiger partial charge in [-0.25, -0.2) is 15.0 Å². The van der Waals surface area contributed by atoms with Gasteiger partial charge in [-0.1, -0.05) is 146 Å². The molecule has 3 aromatic heterocycles. The van der Waals surface area contributed by atoms with E-state index in [0.29, 0.717) is 23.1 Å². The fraction of sp³-hybridized carbons (Fsp3) is 0.0377. The van der Waals surface area contributed by atoms with Gasteiger partial charge in [-0.3, -0.25) is 0 Å². The summed E-state index contributed by atoms with van der Waals surface area (Å²) in [4.78, 5) is 15.5. The van der Waals surface area contributed by atoms with Crippen molar-refractivity contribution in [3.63, 3.8) is 0 Å². The highest BCUT2D eigenvalue weighted by molar-refractivity contribution is 6.12. The molecule has 0 aliphatic heterocycles. The van der Waals surface area contributed by atoms with Crippen LogP contribution in [0.25, 0.3) is 94.1 Å². The smallest absolute Gasteiger partial charge is 0.185 e. The van der Waals surface area contributed by atoms with Gasteiger partial charge in [0.25, 0.3) is 0 Å². The molecule has 0 amide bonds. The second kappa shape index (κ2) is 12.9. The van der Waals surface area contributed by atoms with Crippen molar-refractivity contribution in [3.8, 4) is 33.9 Å². The standard InChI is InChI=1S/C53H31N3O2/c1-2-14-33(15-3-1)51-54-52(56-53(55-51)44-23-12-26-47-50(44)42-20-8-9-24-45(42)57-47)41-30-29-39(37-18-6-7-19-38(37)41)40-22-11-25-46-49(40)43-28-27-34(31-48(43)58-46)36-21-10-16-32-13-4-5-17-35(32)36/h1-8,10-23,25-31,37,39H. The van der Waals surface area contributed by atoms with Crippen LogP contribution < -0.4 is 0 Å². The van der Waals surface area contributed by atoms with E-state index in [9.17, 15) is 0 Å². The summed E-state index contributed by atoms with van der Waals surface area (Å²) in [6.07, 6.45) is 13.3. The van der Waals surface area contributed by atoms with Crippen LogP contribution in [0.2, 0.25) is 0 Å². The maximum absolute atomic E-state index is 6.64. The molecular formula is C53H31N3O2. The van der Waals surface area contributed by atoms with E-state index >= 15 is 0 Å². The summed E-state index contributed by atoms with van der Waals surface area (Å²) in [5, 5.41) is 6.60. The Morgan fingerprint density at radius 2 is 1.29 bits per heavy atom. The van der Waals surface area contributed by atoms with E-state index in [1.807, 2.05) is 54.6 Å². The van der Waals surface area contributed by atoms with E-state index in [1.54, 1.807) is 0 Å². The number of aromatic nitrogens is 3. The Balaban J connectivity index is 0.995. The Morgan fingerprint density at radius 3 is 2.24 bits per heavy atom. The van der Waals surface area contributed by atoms with Crippen LogP contribution in [0.5, 0.6) is 0 Å². The molecule has 10 aromatic rings. The first kappa shape index (κ1) is 32.4. The molecule has 0 saturated heterocycles. The summed E-state index contributed by atoms with van der Waals surface area (Å²) in [7, 11) is 0. The molecule has 0 spiro atoms. The number of benzene rings is 6. The summed E-state index contributed by atoms with van der Waals surface area (Å²) in [6, 6.07) is 54.2. The van der Waals surface area contributed by atoms with Crippen molar-refractivity contribution >= 4 is 60.2 Å².